The Balaban J connectivity index is 1.20. The zero-order chi connectivity index (χ0) is 17.5. The summed E-state index contributed by atoms with van der Waals surface area (Å²) in [7, 11) is 0. The van der Waals surface area contributed by atoms with Crippen molar-refractivity contribution in [1.82, 2.24) is 15.1 Å². The van der Waals surface area contributed by atoms with Gasteiger partial charge < -0.3 is 18.6 Å². The number of likely N-dealkylation sites (tertiary alicyclic amines) is 1. The van der Waals surface area contributed by atoms with Gasteiger partial charge in [0.15, 0.2) is 11.5 Å². The SMILES string of the molecule is Cc1nnc(C[C@@H]2OC[C@H]3CN(Cc4ccc5c(c4)OCO5)CC[C@H]32)o1. The smallest absolute Gasteiger partial charge is 0.231 e. The number of hydrogen-bond acceptors (Lipinski definition) is 7. The predicted octanol–water partition coefficient (Wildman–Crippen LogP) is 2.19. The van der Waals surface area contributed by atoms with Crippen LogP contribution < -0.4 is 9.47 Å². The van der Waals surface area contributed by atoms with Crippen molar-refractivity contribution in [3.63, 3.8) is 0 Å². The predicted molar refractivity (Wildman–Crippen MR) is 91.9 cm³/mol. The molecule has 7 heteroatoms. The number of aryl methyl sites for hydroxylation is 1. The maximum absolute atomic E-state index is 6.08. The molecule has 138 valence electrons. The molecule has 2 saturated heterocycles. The molecule has 0 saturated carbocycles. The van der Waals surface area contributed by atoms with Crippen molar-refractivity contribution in [2.45, 2.75) is 32.4 Å². The summed E-state index contributed by atoms with van der Waals surface area (Å²) in [5.41, 5.74) is 1.27. The molecule has 0 radical (unpaired) electrons. The number of nitrogens with zero attached hydrogens (tertiary/aromatic N) is 3. The maximum Gasteiger partial charge on any atom is 0.231 e. The number of rotatable bonds is 4. The Kier molecular flexibility index (Phi) is 4.05. The monoisotopic (exact) mass is 357 g/mol. The zero-order valence-electron chi connectivity index (χ0n) is 14.9. The number of benzene rings is 1. The Bertz CT molecular complexity index is 793. The lowest BCUT2D eigenvalue weighted by molar-refractivity contribution is 0.0794. The molecule has 3 aliphatic rings. The first-order valence-electron chi connectivity index (χ1n) is 9.26. The average molecular weight is 357 g/mol. The minimum atomic E-state index is 0.201. The molecule has 4 heterocycles. The second-order valence-electron chi connectivity index (χ2n) is 7.43. The van der Waals surface area contributed by atoms with Gasteiger partial charge in [0, 0.05) is 25.9 Å². The molecule has 0 spiro atoms. The van der Waals surface area contributed by atoms with Crippen LogP contribution in [0.4, 0.5) is 0 Å². The van der Waals surface area contributed by atoms with Crippen LogP contribution in [0.5, 0.6) is 11.5 Å². The van der Waals surface area contributed by atoms with Gasteiger partial charge in [0.25, 0.3) is 0 Å². The lowest BCUT2D eigenvalue weighted by Crippen LogP contribution is -2.41. The Labute approximate surface area is 152 Å². The molecule has 2 aromatic rings. The topological polar surface area (TPSA) is 69.9 Å². The van der Waals surface area contributed by atoms with Crippen molar-refractivity contribution < 1.29 is 18.6 Å². The fraction of sp³-hybridized carbons (Fsp3) is 0.579. The minimum Gasteiger partial charge on any atom is -0.454 e. The summed E-state index contributed by atoms with van der Waals surface area (Å²) >= 11 is 0. The van der Waals surface area contributed by atoms with E-state index >= 15 is 0 Å². The highest BCUT2D eigenvalue weighted by molar-refractivity contribution is 5.44. The second kappa shape index (κ2) is 6.55. The number of piperidine rings is 1. The highest BCUT2D eigenvalue weighted by atomic mass is 16.7. The third-order valence-electron chi connectivity index (χ3n) is 5.67. The van der Waals surface area contributed by atoms with E-state index in [-0.39, 0.29) is 6.10 Å². The molecule has 0 N–H and O–H groups in total. The van der Waals surface area contributed by atoms with Gasteiger partial charge in [-0.25, -0.2) is 0 Å². The molecule has 7 nitrogen and oxygen atoms in total. The van der Waals surface area contributed by atoms with Crippen LogP contribution in [0.2, 0.25) is 0 Å². The van der Waals surface area contributed by atoms with Gasteiger partial charge in [0.1, 0.15) is 0 Å². The minimum absolute atomic E-state index is 0.201. The lowest BCUT2D eigenvalue weighted by Gasteiger charge is -2.35. The van der Waals surface area contributed by atoms with E-state index in [0.29, 0.717) is 30.4 Å². The molecule has 0 aliphatic carbocycles. The molecule has 2 fully saturated rings. The fourth-order valence-corrected chi connectivity index (χ4v) is 4.41. The van der Waals surface area contributed by atoms with Crippen molar-refractivity contribution in [2.24, 2.45) is 11.8 Å². The van der Waals surface area contributed by atoms with Gasteiger partial charge in [-0.2, -0.15) is 0 Å². The van der Waals surface area contributed by atoms with Crippen LogP contribution in [-0.4, -0.2) is 47.7 Å². The number of hydrogen-bond donors (Lipinski definition) is 0. The third-order valence-corrected chi connectivity index (χ3v) is 5.67. The molecule has 0 amide bonds. The van der Waals surface area contributed by atoms with Crippen LogP contribution in [0.15, 0.2) is 22.6 Å². The van der Waals surface area contributed by atoms with Gasteiger partial charge in [-0.15, -0.1) is 10.2 Å². The van der Waals surface area contributed by atoms with Crippen molar-refractivity contribution in [3.8, 4) is 11.5 Å². The summed E-state index contributed by atoms with van der Waals surface area (Å²) in [6.07, 6.45) is 2.07. The fourth-order valence-electron chi connectivity index (χ4n) is 4.41. The van der Waals surface area contributed by atoms with E-state index in [1.807, 2.05) is 13.0 Å². The molecular weight excluding hydrogens is 334 g/mol. The van der Waals surface area contributed by atoms with E-state index in [1.54, 1.807) is 0 Å². The lowest BCUT2D eigenvalue weighted by atomic mass is 9.83. The Hall–Kier alpha value is -2.12. The van der Waals surface area contributed by atoms with Gasteiger partial charge in [0.05, 0.1) is 19.1 Å². The zero-order valence-corrected chi connectivity index (χ0v) is 14.9. The molecule has 26 heavy (non-hydrogen) atoms. The maximum atomic E-state index is 6.08. The van der Waals surface area contributed by atoms with Gasteiger partial charge in [-0.1, -0.05) is 6.07 Å². The summed E-state index contributed by atoms with van der Waals surface area (Å²) in [6, 6.07) is 6.23. The molecule has 5 rings (SSSR count). The van der Waals surface area contributed by atoms with Gasteiger partial charge >= 0.3 is 0 Å². The third kappa shape index (κ3) is 3.05. The summed E-state index contributed by atoms with van der Waals surface area (Å²) in [6.45, 7) is 6.05. The van der Waals surface area contributed by atoms with E-state index in [4.69, 9.17) is 18.6 Å². The Morgan fingerprint density at radius 2 is 2.12 bits per heavy atom. The standard InChI is InChI=1S/C19H23N3O4/c1-12-20-21-19(26-12)7-17-15-4-5-22(9-14(15)10-23-17)8-13-2-3-16-18(6-13)25-11-24-16/h2-3,6,14-15,17H,4-5,7-11H2,1H3/t14-,15-,17+/m1/s1. The first kappa shape index (κ1) is 16.1. The number of aromatic nitrogens is 2. The van der Waals surface area contributed by atoms with Crippen LogP contribution in [0.3, 0.4) is 0 Å². The summed E-state index contributed by atoms with van der Waals surface area (Å²) in [5, 5.41) is 8.03. The Morgan fingerprint density at radius 3 is 3.00 bits per heavy atom. The summed E-state index contributed by atoms with van der Waals surface area (Å²) in [4.78, 5) is 2.52. The molecule has 0 unspecified atom stereocenters. The van der Waals surface area contributed by atoms with Gasteiger partial charge in [0.2, 0.25) is 18.6 Å². The van der Waals surface area contributed by atoms with Crippen molar-refractivity contribution in [1.29, 1.82) is 0 Å². The van der Waals surface area contributed by atoms with Crippen molar-refractivity contribution in [3.05, 3.63) is 35.5 Å². The van der Waals surface area contributed by atoms with Crippen LogP contribution in [-0.2, 0) is 17.7 Å². The molecule has 3 atom stereocenters. The van der Waals surface area contributed by atoms with Crippen molar-refractivity contribution >= 4 is 0 Å². The Morgan fingerprint density at radius 1 is 1.19 bits per heavy atom. The van der Waals surface area contributed by atoms with E-state index in [1.165, 1.54) is 5.56 Å². The summed E-state index contributed by atoms with van der Waals surface area (Å²) < 4.78 is 22.5. The van der Waals surface area contributed by atoms with Gasteiger partial charge in [-0.3, -0.25) is 4.90 Å². The van der Waals surface area contributed by atoms with Crippen LogP contribution in [0.25, 0.3) is 0 Å². The van der Waals surface area contributed by atoms with E-state index in [9.17, 15) is 0 Å². The average Bonchev–Trinajstić information content (AvgIpc) is 3.35. The first-order chi connectivity index (χ1) is 12.7. The van der Waals surface area contributed by atoms with Crippen LogP contribution >= 0.6 is 0 Å². The molecule has 1 aromatic heterocycles. The largest absolute Gasteiger partial charge is 0.454 e. The van der Waals surface area contributed by atoms with Crippen LogP contribution in [0.1, 0.15) is 23.8 Å². The molecule has 0 bridgehead atoms. The normalized spacial score (nSPS) is 27.7. The highest BCUT2D eigenvalue weighted by Crippen LogP contribution is 2.37. The number of ether oxygens (including phenoxy) is 3. The van der Waals surface area contributed by atoms with E-state index < -0.39 is 0 Å². The molecule has 3 aliphatic heterocycles. The first-order valence-corrected chi connectivity index (χ1v) is 9.26. The van der Waals surface area contributed by atoms with Crippen LogP contribution in [0, 0.1) is 18.8 Å². The van der Waals surface area contributed by atoms with Gasteiger partial charge in [-0.05, 0) is 36.6 Å². The van der Waals surface area contributed by atoms with E-state index in [2.05, 4.69) is 27.2 Å². The van der Waals surface area contributed by atoms with E-state index in [0.717, 1.165) is 50.6 Å². The summed E-state index contributed by atoms with van der Waals surface area (Å²) in [5.74, 6) is 4.17. The quantitative estimate of drug-likeness (QED) is 0.831. The molecule has 1 aromatic carbocycles. The number of fused-ring (bicyclic) bond motifs is 2. The molecular formula is C19H23N3O4. The van der Waals surface area contributed by atoms with Crippen molar-refractivity contribution in [2.75, 3.05) is 26.5 Å². The highest BCUT2D eigenvalue weighted by Gasteiger charge is 2.41. The second-order valence-corrected chi connectivity index (χ2v) is 7.43.